The summed E-state index contributed by atoms with van der Waals surface area (Å²) in [4.78, 5) is 16.5. The molecule has 3 heterocycles. The zero-order chi connectivity index (χ0) is 21.1. The number of carbonyl (C=O) groups is 1. The summed E-state index contributed by atoms with van der Waals surface area (Å²) in [7, 11) is 1.91. The second-order valence-electron chi connectivity index (χ2n) is 7.65. The molecule has 0 saturated carbocycles. The van der Waals surface area contributed by atoms with E-state index in [1.807, 2.05) is 36.0 Å². The molecule has 1 aliphatic heterocycles. The van der Waals surface area contributed by atoms with Crippen molar-refractivity contribution in [3.63, 3.8) is 0 Å². The molecule has 158 valence electrons. The summed E-state index contributed by atoms with van der Waals surface area (Å²) in [6.07, 6.45) is 2.74. The van der Waals surface area contributed by atoms with Crippen LogP contribution in [0.1, 0.15) is 42.1 Å². The Hall–Kier alpha value is -2.51. The lowest BCUT2D eigenvalue weighted by atomic mass is 10.1. The molecule has 0 radical (unpaired) electrons. The van der Waals surface area contributed by atoms with Gasteiger partial charge in [-0.3, -0.25) is 14.4 Å². The highest BCUT2D eigenvalue weighted by Crippen LogP contribution is 2.42. The number of aromatic nitrogens is 2. The van der Waals surface area contributed by atoms with Gasteiger partial charge in [-0.05, 0) is 31.5 Å². The maximum absolute atomic E-state index is 12.9. The minimum Gasteiger partial charge on any atom is -0.468 e. The summed E-state index contributed by atoms with van der Waals surface area (Å²) in [6.45, 7) is 6.44. The number of thioether (sulfide) groups is 1. The monoisotopic (exact) mass is 424 g/mol. The highest BCUT2D eigenvalue weighted by atomic mass is 32.2. The van der Waals surface area contributed by atoms with Crippen LogP contribution in [-0.4, -0.2) is 39.7 Å². The first-order valence-electron chi connectivity index (χ1n) is 10.4. The van der Waals surface area contributed by atoms with Crippen LogP contribution in [0.3, 0.4) is 0 Å². The van der Waals surface area contributed by atoms with Crippen LogP contribution in [0, 0.1) is 0 Å². The first-order chi connectivity index (χ1) is 14.6. The molecule has 4 rings (SSSR count). The Bertz CT molecular complexity index is 1010. The number of furan rings is 1. The van der Waals surface area contributed by atoms with E-state index in [1.165, 1.54) is 4.90 Å². The van der Waals surface area contributed by atoms with Crippen molar-refractivity contribution in [1.29, 1.82) is 0 Å². The van der Waals surface area contributed by atoms with E-state index in [4.69, 9.17) is 4.42 Å². The first-order valence-corrected chi connectivity index (χ1v) is 11.4. The fraction of sp³-hybridized carbons (Fsp3) is 0.391. The second kappa shape index (κ2) is 9.10. The van der Waals surface area contributed by atoms with Gasteiger partial charge in [0.15, 0.2) is 5.69 Å². The summed E-state index contributed by atoms with van der Waals surface area (Å²) in [5, 5.41) is 7.64. The van der Waals surface area contributed by atoms with Gasteiger partial charge in [-0.2, -0.15) is 5.10 Å². The molecule has 1 aliphatic rings. The molecule has 2 aromatic heterocycles. The van der Waals surface area contributed by atoms with Crippen molar-refractivity contribution in [2.45, 2.75) is 43.5 Å². The van der Waals surface area contributed by atoms with Crippen LogP contribution in [0.5, 0.6) is 0 Å². The highest BCUT2D eigenvalue weighted by Gasteiger charge is 2.27. The van der Waals surface area contributed by atoms with Gasteiger partial charge in [-0.15, -0.1) is 11.8 Å². The van der Waals surface area contributed by atoms with E-state index in [-0.39, 0.29) is 5.91 Å². The molecule has 1 aromatic carbocycles. The number of hydrogen-bond acceptors (Lipinski definition) is 5. The zero-order valence-electron chi connectivity index (χ0n) is 17.7. The van der Waals surface area contributed by atoms with Gasteiger partial charge in [0.25, 0.3) is 5.91 Å². The third-order valence-corrected chi connectivity index (χ3v) is 6.81. The Kier molecular flexibility index (Phi) is 6.29. The topological polar surface area (TPSA) is 63.3 Å². The molecule has 6 nitrogen and oxygen atoms in total. The summed E-state index contributed by atoms with van der Waals surface area (Å²) in [5.41, 5.74) is 3.76. The molecule has 0 fully saturated rings. The van der Waals surface area contributed by atoms with Crippen molar-refractivity contribution in [2.75, 3.05) is 13.1 Å². The SMILES string of the molecule is CC[C@@H](C)N(CCNC(=O)c1nn(C)c2c1CSc1ccccc1-2)Cc1ccco1. The Morgan fingerprint density at radius 2 is 2.17 bits per heavy atom. The van der Waals surface area contributed by atoms with Gasteiger partial charge in [0.05, 0.1) is 18.5 Å². The Labute approximate surface area is 181 Å². The van der Waals surface area contributed by atoms with E-state index >= 15 is 0 Å². The van der Waals surface area contributed by atoms with Crippen LogP contribution in [0.2, 0.25) is 0 Å². The molecular formula is C23H28N4O2S. The van der Waals surface area contributed by atoms with E-state index in [9.17, 15) is 4.79 Å². The van der Waals surface area contributed by atoms with Gasteiger partial charge in [0.1, 0.15) is 5.76 Å². The number of nitrogens with zero attached hydrogens (tertiary/aromatic N) is 3. The Balaban J connectivity index is 1.44. The van der Waals surface area contributed by atoms with Crippen LogP contribution in [0.4, 0.5) is 0 Å². The summed E-state index contributed by atoms with van der Waals surface area (Å²) < 4.78 is 7.34. The lowest BCUT2D eigenvalue weighted by Gasteiger charge is -2.27. The highest BCUT2D eigenvalue weighted by molar-refractivity contribution is 7.98. The molecule has 0 spiro atoms. The molecule has 0 bridgehead atoms. The van der Waals surface area contributed by atoms with Gasteiger partial charge in [-0.1, -0.05) is 25.1 Å². The smallest absolute Gasteiger partial charge is 0.272 e. The summed E-state index contributed by atoms with van der Waals surface area (Å²) >= 11 is 1.76. The maximum atomic E-state index is 12.9. The van der Waals surface area contributed by atoms with Gasteiger partial charge in [-0.25, -0.2) is 0 Å². The molecule has 0 unspecified atom stereocenters. The molecular weight excluding hydrogens is 396 g/mol. The number of carbonyl (C=O) groups excluding carboxylic acids is 1. The number of fused-ring (bicyclic) bond motifs is 3. The number of benzene rings is 1. The average Bonchev–Trinajstić information content (AvgIpc) is 3.40. The van der Waals surface area contributed by atoms with Crippen molar-refractivity contribution in [3.8, 4) is 11.3 Å². The lowest BCUT2D eigenvalue weighted by Crippen LogP contribution is -2.39. The first kappa shape index (κ1) is 20.8. The van der Waals surface area contributed by atoms with Crippen LogP contribution in [0.25, 0.3) is 11.3 Å². The average molecular weight is 425 g/mol. The van der Waals surface area contributed by atoms with E-state index in [0.717, 1.165) is 47.8 Å². The van der Waals surface area contributed by atoms with Gasteiger partial charge in [0.2, 0.25) is 0 Å². The molecule has 3 aromatic rings. The number of rotatable bonds is 8. The molecule has 0 aliphatic carbocycles. The fourth-order valence-corrected chi connectivity index (χ4v) is 4.94. The third-order valence-electron chi connectivity index (χ3n) is 5.71. The van der Waals surface area contributed by atoms with Crippen LogP contribution < -0.4 is 5.32 Å². The van der Waals surface area contributed by atoms with E-state index < -0.39 is 0 Å². The largest absolute Gasteiger partial charge is 0.468 e. The predicted molar refractivity (Wildman–Crippen MR) is 119 cm³/mol. The van der Waals surface area contributed by atoms with Crippen LogP contribution in [0.15, 0.2) is 52.0 Å². The number of nitrogens with one attached hydrogen (secondary N) is 1. The van der Waals surface area contributed by atoms with Crippen molar-refractivity contribution < 1.29 is 9.21 Å². The quantitative estimate of drug-likeness (QED) is 0.584. The Morgan fingerprint density at radius 3 is 2.93 bits per heavy atom. The van der Waals surface area contributed by atoms with E-state index in [1.54, 1.807) is 18.0 Å². The molecule has 0 saturated heterocycles. The van der Waals surface area contributed by atoms with E-state index in [0.29, 0.717) is 18.3 Å². The van der Waals surface area contributed by atoms with Crippen molar-refractivity contribution in [3.05, 3.63) is 59.7 Å². The molecule has 1 atom stereocenters. The van der Waals surface area contributed by atoms with Crippen molar-refractivity contribution in [1.82, 2.24) is 20.0 Å². The summed E-state index contributed by atoms with van der Waals surface area (Å²) in [6, 6.07) is 12.6. The van der Waals surface area contributed by atoms with Gasteiger partial charge in [0, 0.05) is 48.0 Å². The molecule has 1 N–H and O–H groups in total. The lowest BCUT2D eigenvalue weighted by molar-refractivity contribution is 0.0935. The number of amides is 1. The maximum Gasteiger partial charge on any atom is 0.272 e. The molecule has 30 heavy (non-hydrogen) atoms. The van der Waals surface area contributed by atoms with Crippen molar-refractivity contribution in [2.24, 2.45) is 7.05 Å². The number of aryl methyl sites for hydroxylation is 1. The van der Waals surface area contributed by atoms with E-state index in [2.05, 4.69) is 41.3 Å². The zero-order valence-corrected chi connectivity index (χ0v) is 18.5. The van der Waals surface area contributed by atoms with Gasteiger partial charge < -0.3 is 9.73 Å². The van der Waals surface area contributed by atoms with Crippen LogP contribution >= 0.6 is 11.8 Å². The Morgan fingerprint density at radius 1 is 1.33 bits per heavy atom. The summed E-state index contributed by atoms with van der Waals surface area (Å²) in [5.74, 6) is 1.60. The minimum atomic E-state index is -0.103. The normalized spacial score (nSPS) is 13.7. The standard InChI is InChI=1S/C23H28N4O2S/c1-4-16(2)27(14-17-8-7-13-29-17)12-11-24-23(28)21-19-15-30-20-10-6-5-9-18(20)22(19)26(3)25-21/h5-10,13,16H,4,11-12,14-15H2,1-3H3,(H,24,28)/t16-/m1/s1. The predicted octanol–water partition coefficient (Wildman–Crippen LogP) is 4.32. The van der Waals surface area contributed by atoms with Crippen molar-refractivity contribution >= 4 is 17.7 Å². The van der Waals surface area contributed by atoms with Gasteiger partial charge >= 0.3 is 0 Å². The minimum absolute atomic E-state index is 0.103. The second-order valence-corrected chi connectivity index (χ2v) is 8.66. The molecule has 7 heteroatoms. The third kappa shape index (κ3) is 4.18. The number of hydrogen-bond donors (Lipinski definition) is 1. The fourth-order valence-electron chi connectivity index (χ4n) is 3.87. The van der Waals surface area contributed by atoms with Crippen LogP contribution in [-0.2, 0) is 19.3 Å². The molecule has 1 amide bonds.